The van der Waals surface area contributed by atoms with Crippen LogP contribution in [0.15, 0.2) is 29.0 Å². The van der Waals surface area contributed by atoms with E-state index in [1.165, 1.54) is 13.5 Å². The Bertz CT molecular complexity index is 491. The summed E-state index contributed by atoms with van der Waals surface area (Å²) in [6.45, 7) is 0. The first kappa shape index (κ1) is 9.67. The van der Waals surface area contributed by atoms with E-state index in [1.807, 2.05) is 0 Å². The minimum Gasteiger partial charge on any atom is -0.467 e. The molecule has 0 fully saturated rings. The Morgan fingerprint density at radius 1 is 1.60 bits per heavy atom. The fourth-order valence-electron chi connectivity index (χ4n) is 1.29. The topological polar surface area (TPSA) is 72.6 Å². The molecule has 0 aliphatic heterocycles. The fourth-order valence-corrected chi connectivity index (χ4v) is 1.29. The van der Waals surface area contributed by atoms with Crippen LogP contribution in [0.2, 0.25) is 0 Å². The Morgan fingerprint density at radius 2 is 2.40 bits per heavy atom. The third kappa shape index (κ3) is 1.69. The number of esters is 1. The van der Waals surface area contributed by atoms with Gasteiger partial charge in [-0.2, -0.15) is 0 Å². The van der Waals surface area contributed by atoms with Crippen LogP contribution in [0.5, 0.6) is 0 Å². The van der Waals surface area contributed by atoms with Gasteiger partial charge < -0.3 is 14.3 Å². The normalized spacial score (nSPS) is 12.7. The first-order chi connectivity index (χ1) is 7.22. The number of aromatic nitrogens is 1. The summed E-state index contributed by atoms with van der Waals surface area (Å²) in [5.74, 6) is -0.696. The van der Waals surface area contributed by atoms with Crippen molar-refractivity contribution in [3.05, 3.63) is 30.2 Å². The molecule has 5 heteroatoms. The van der Waals surface area contributed by atoms with Gasteiger partial charge in [-0.25, -0.2) is 9.78 Å². The zero-order valence-electron chi connectivity index (χ0n) is 8.01. The van der Waals surface area contributed by atoms with Gasteiger partial charge in [0.15, 0.2) is 18.1 Å². The molecule has 2 aromatic rings. The van der Waals surface area contributed by atoms with Gasteiger partial charge in [0.1, 0.15) is 5.52 Å². The van der Waals surface area contributed by atoms with Gasteiger partial charge in [-0.15, -0.1) is 0 Å². The minimum atomic E-state index is -1.28. The van der Waals surface area contributed by atoms with Crippen LogP contribution in [0, 0.1) is 0 Å². The van der Waals surface area contributed by atoms with Crippen LogP contribution >= 0.6 is 0 Å². The highest BCUT2D eigenvalue weighted by Gasteiger charge is 2.18. The molecule has 1 aromatic carbocycles. The first-order valence-electron chi connectivity index (χ1n) is 4.31. The maximum Gasteiger partial charge on any atom is 0.339 e. The highest BCUT2D eigenvalue weighted by atomic mass is 16.5. The summed E-state index contributed by atoms with van der Waals surface area (Å²) in [4.78, 5) is 15.0. The predicted octanol–water partition coefficient (Wildman–Crippen LogP) is 1.03. The lowest BCUT2D eigenvalue weighted by atomic mass is 10.1. The molecule has 5 nitrogen and oxygen atoms in total. The standard InChI is InChI=1S/C10H9NO4/c1-14-10(13)9(12)6-2-3-8-7(4-6)11-5-15-8/h2-5,9,12H,1H3. The second kappa shape index (κ2) is 3.70. The average Bonchev–Trinajstić information content (AvgIpc) is 2.73. The molecule has 0 saturated heterocycles. The Balaban J connectivity index is 2.39. The van der Waals surface area contributed by atoms with E-state index in [1.54, 1.807) is 18.2 Å². The van der Waals surface area contributed by atoms with E-state index in [0.717, 1.165) is 0 Å². The van der Waals surface area contributed by atoms with Crippen LogP contribution in [0.1, 0.15) is 11.7 Å². The molecule has 0 amide bonds. The molecule has 2 rings (SSSR count). The Kier molecular flexibility index (Phi) is 2.39. The Labute approximate surface area is 85.3 Å². The van der Waals surface area contributed by atoms with Gasteiger partial charge in [0.2, 0.25) is 0 Å². The van der Waals surface area contributed by atoms with Crippen molar-refractivity contribution in [2.75, 3.05) is 7.11 Å². The van der Waals surface area contributed by atoms with Crippen LogP contribution in [-0.4, -0.2) is 23.2 Å². The number of carbonyl (C=O) groups excluding carboxylic acids is 1. The van der Waals surface area contributed by atoms with E-state index >= 15 is 0 Å². The number of aliphatic hydroxyl groups excluding tert-OH is 1. The number of fused-ring (bicyclic) bond motifs is 1. The Morgan fingerprint density at radius 3 is 3.13 bits per heavy atom. The van der Waals surface area contributed by atoms with Crippen molar-refractivity contribution in [1.29, 1.82) is 0 Å². The van der Waals surface area contributed by atoms with E-state index in [9.17, 15) is 9.90 Å². The summed E-state index contributed by atoms with van der Waals surface area (Å²) < 4.78 is 9.46. The highest BCUT2D eigenvalue weighted by Crippen LogP contribution is 2.20. The molecule has 1 unspecified atom stereocenters. The lowest BCUT2D eigenvalue weighted by Gasteiger charge is -2.07. The van der Waals surface area contributed by atoms with Crippen LogP contribution in [0.25, 0.3) is 11.1 Å². The zero-order chi connectivity index (χ0) is 10.8. The molecule has 0 aliphatic rings. The van der Waals surface area contributed by atoms with Gasteiger partial charge in [0.25, 0.3) is 0 Å². The summed E-state index contributed by atoms with van der Waals surface area (Å²) in [6.07, 6.45) is 0.0231. The molecule has 0 spiro atoms. The molecule has 1 heterocycles. The lowest BCUT2D eigenvalue weighted by Crippen LogP contribution is -2.13. The van der Waals surface area contributed by atoms with Gasteiger partial charge in [-0.1, -0.05) is 6.07 Å². The molecule has 78 valence electrons. The van der Waals surface area contributed by atoms with Crippen molar-refractivity contribution in [1.82, 2.24) is 4.98 Å². The van der Waals surface area contributed by atoms with Crippen molar-refractivity contribution >= 4 is 17.1 Å². The largest absolute Gasteiger partial charge is 0.467 e. The minimum absolute atomic E-state index is 0.434. The zero-order valence-corrected chi connectivity index (χ0v) is 8.01. The number of carbonyl (C=O) groups is 1. The summed E-state index contributed by atoms with van der Waals surface area (Å²) in [5.41, 5.74) is 1.63. The second-order valence-electron chi connectivity index (χ2n) is 3.01. The highest BCUT2D eigenvalue weighted by molar-refractivity contribution is 5.79. The number of methoxy groups -OCH3 is 1. The van der Waals surface area contributed by atoms with Crippen molar-refractivity contribution in [2.45, 2.75) is 6.10 Å². The van der Waals surface area contributed by atoms with Crippen LogP contribution in [0.3, 0.4) is 0 Å². The lowest BCUT2D eigenvalue weighted by molar-refractivity contribution is -0.150. The molecule has 0 aliphatic carbocycles. The third-order valence-corrected chi connectivity index (χ3v) is 2.09. The van der Waals surface area contributed by atoms with E-state index in [-0.39, 0.29) is 0 Å². The summed E-state index contributed by atoms with van der Waals surface area (Å²) in [6, 6.07) is 4.82. The quantitative estimate of drug-likeness (QED) is 0.744. The number of nitrogens with zero attached hydrogens (tertiary/aromatic N) is 1. The van der Waals surface area contributed by atoms with Gasteiger partial charge in [-0.05, 0) is 17.7 Å². The summed E-state index contributed by atoms with van der Waals surface area (Å²) >= 11 is 0. The molecule has 1 aromatic heterocycles. The maximum absolute atomic E-state index is 11.1. The number of hydrogen-bond acceptors (Lipinski definition) is 5. The van der Waals surface area contributed by atoms with Crippen molar-refractivity contribution in [2.24, 2.45) is 0 Å². The maximum atomic E-state index is 11.1. The summed E-state index contributed by atoms with van der Waals surface area (Å²) in [5, 5.41) is 9.55. The summed E-state index contributed by atoms with van der Waals surface area (Å²) in [7, 11) is 1.22. The van der Waals surface area contributed by atoms with Crippen molar-refractivity contribution in [3.8, 4) is 0 Å². The molecule has 15 heavy (non-hydrogen) atoms. The molecular formula is C10H9NO4. The van der Waals surface area contributed by atoms with E-state index in [2.05, 4.69) is 9.72 Å². The van der Waals surface area contributed by atoms with Gasteiger partial charge >= 0.3 is 5.97 Å². The number of aliphatic hydroxyl groups is 1. The van der Waals surface area contributed by atoms with E-state index in [4.69, 9.17) is 4.42 Å². The van der Waals surface area contributed by atoms with Crippen LogP contribution in [-0.2, 0) is 9.53 Å². The number of benzene rings is 1. The smallest absolute Gasteiger partial charge is 0.339 e. The molecule has 1 atom stereocenters. The molecule has 1 N–H and O–H groups in total. The van der Waals surface area contributed by atoms with Crippen molar-refractivity contribution < 1.29 is 19.1 Å². The average molecular weight is 207 g/mol. The number of ether oxygens (including phenoxy) is 1. The predicted molar refractivity (Wildman–Crippen MR) is 51.0 cm³/mol. The molecule has 0 saturated carbocycles. The van der Waals surface area contributed by atoms with Crippen LogP contribution < -0.4 is 0 Å². The molecule has 0 radical (unpaired) electrons. The van der Waals surface area contributed by atoms with Gasteiger partial charge in [-0.3, -0.25) is 0 Å². The van der Waals surface area contributed by atoms with Crippen molar-refractivity contribution in [3.63, 3.8) is 0 Å². The van der Waals surface area contributed by atoms with E-state index < -0.39 is 12.1 Å². The number of hydrogen-bond donors (Lipinski definition) is 1. The number of oxazole rings is 1. The van der Waals surface area contributed by atoms with Gasteiger partial charge in [0.05, 0.1) is 7.11 Å². The first-order valence-corrected chi connectivity index (χ1v) is 4.31. The second-order valence-corrected chi connectivity index (χ2v) is 3.01. The third-order valence-electron chi connectivity index (χ3n) is 2.09. The number of rotatable bonds is 2. The molecular weight excluding hydrogens is 198 g/mol. The fraction of sp³-hybridized carbons (Fsp3) is 0.200. The monoisotopic (exact) mass is 207 g/mol. The Hall–Kier alpha value is -1.88. The SMILES string of the molecule is COC(=O)C(O)c1ccc2ocnc2c1. The molecule has 0 bridgehead atoms. The van der Waals surface area contributed by atoms with Gasteiger partial charge in [0, 0.05) is 0 Å². The van der Waals surface area contributed by atoms with E-state index in [0.29, 0.717) is 16.7 Å². The van der Waals surface area contributed by atoms with Crippen LogP contribution in [0.4, 0.5) is 0 Å².